The summed E-state index contributed by atoms with van der Waals surface area (Å²) >= 11 is 6.09. The molecule has 1 heterocycles. The summed E-state index contributed by atoms with van der Waals surface area (Å²) in [5.74, 6) is -0.503. The second-order valence-electron chi connectivity index (χ2n) is 10.6. The van der Waals surface area contributed by atoms with E-state index in [1.807, 2.05) is 17.0 Å². The van der Waals surface area contributed by atoms with Crippen molar-refractivity contribution < 1.29 is 34.0 Å². The molecule has 0 bridgehead atoms. The smallest absolute Gasteiger partial charge is 0.407 e. The normalized spacial score (nSPS) is 20.8. The number of carbonyl (C=O) groups excluding carboxylic acids is 1. The van der Waals surface area contributed by atoms with Crippen LogP contribution in [0.1, 0.15) is 42.4 Å². The molecule has 0 radical (unpaired) electrons. The van der Waals surface area contributed by atoms with Crippen LogP contribution in [0.15, 0.2) is 42.5 Å². The standard InChI is InChI=1S/C30H39ClN2O7/c1-38-13-3-4-21-16-22(18-26(17-21)40-15-14-39-2)19-33(25-9-10-25)28(34)27-20-32(29(35)36)12-11-30(27,37)23-5-7-24(31)8-6-23/h5-8,16-18,25,27,37H,3-4,9-15,19-20H2,1-2H3,(H,35,36)/t27-,30+/m1/s1. The average Bonchev–Trinajstić information content (AvgIpc) is 3.77. The van der Waals surface area contributed by atoms with Gasteiger partial charge in [-0.2, -0.15) is 0 Å². The number of rotatable bonds is 13. The summed E-state index contributed by atoms with van der Waals surface area (Å²) in [6.07, 6.45) is 2.39. The van der Waals surface area contributed by atoms with Crippen molar-refractivity contribution >= 4 is 23.6 Å². The first kappa shape index (κ1) is 30.1. The minimum absolute atomic E-state index is 0.0391. The first-order chi connectivity index (χ1) is 19.2. The number of halogens is 1. The van der Waals surface area contributed by atoms with E-state index in [-0.39, 0.29) is 31.5 Å². The fraction of sp³-hybridized carbons (Fsp3) is 0.533. The quantitative estimate of drug-likeness (QED) is 0.343. The highest BCUT2D eigenvalue weighted by Crippen LogP contribution is 2.41. The number of nitrogens with zero attached hydrogens (tertiary/aromatic N) is 2. The second-order valence-corrected chi connectivity index (χ2v) is 11.0. The third-order valence-electron chi connectivity index (χ3n) is 7.67. The highest BCUT2D eigenvalue weighted by Gasteiger charge is 2.50. The van der Waals surface area contributed by atoms with Gasteiger partial charge < -0.3 is 34.2 Å². The van der Waals surface area contributed by atoms with Crippen LogP contribution in [0.3, 0.4) is 0 Å². The van der Waals surface area contributed by atoms with Gasteiger partial charge in [-0.3, -0.25) is 4.79 Å². The first-order valence-electron chi connectivity index (χ1n) is 13.8. The van der Waals surface area contributed by atoms with E-state index in [0.29, 0.717) is 42.7 Å². The lowest BCUT2D eigenvalue weighted by molar-refractivity contribution is -0.154. The molecule has 4 rings (SSSR count). The molecule has 2 aromatic rings. The van der Waals surface area contributed by atoms with E-state index in [1.54, 1.807) is 38.5 Å². The molecule has 0 aromatic heterocycles. The lowest BCUT2D eigenvalue weighted by Crippen LogP contribution is -2.57. The molecule has 218 valence electrons. The number of likely N-dealkylation sites (tertiary alicyclic amines) is 1. The van der Waals surface area contributed by atoms with Crippen LogP contribution >= 0.6 is 11.6 Å². The van der Waals surface area contributed by atoms with E-state index < -0.39 is 17.6 Å². The van der Waals surface area contributed by atoms with Gasteiger partial charge in [0.2, 0.25) is 5.91 Å². The van der Waals surface area contributed by atoms with Gasteiger partial charge in [0.05, 0.1) is 12.5 Å². The molecule has 9 nitrogen and oxygen atoms in total. The molecule has 40 heavy (non-hydrogen) atoms. The first-order valence-corrected chi connectivity index (χ1v) is 14.1. The molecule has 2 fully saturated rings. The Balaban J connectivity index is 1.63. The molecule has 2 N–H and O–H groups in total. The van der Waals surface area contributed by atoms with Gasteiger partial charge in [-0.1, -0.05) is 29.8 Å². The predicted octanol–water partition coefficient (Wildman–Crippen LogP) is 4.32. The maximum atomic E-state index is 14.3. The minimum Gasteiger partial charge on any atom is -0.491 e. The fourth-order valence-corrected chi connectivity index (χ4v) is 5.49. The number of carbonyl (C=O) groups is 2. The molecule has 2 aromatic carbocycles. The van der Waals surface area contributed by atoms with Crippen LogP contribution in [0.25, 0.3) is 0 Å². The summed E-state index contributed by atoms with van der Waals surface area (Å²) in [4.78, 5) is 29.2. The summed E-state index contributed by atoms with van der Waals surface area (Å²) in [7, 11) is 3.30. The highest BCUT2D eigenvalue weighted by atomic mass is 35.5. The van der Waals surface area contributed by atoms with Crippen molar-refractivity contribution in [2.24, 2.45) is 5.92 Å². The molecule has 1 saturated carbocycles. The Morgan fingerprint density at radius 1 is 1.05 bits per heavy atom. The summed E-state index contributed by atoms with van der Waals surface area (Å²) < 4.78 is 16.3. The van der Waals surface area contributed by atoms with Crippen molar-refractivity contribution in [1.29, 1.82) is 0 Å². The predicted molar refractivity (Wildman–Crippen MR) is 151 cm³/mol. The van der Waals surface area contributed by atoms with Crippen molar-refractivity contribution in [3.8, 4) is 5.75 Å². The van der Waals surface area contributed by atoms with Gasteiger partial charge in [0.1, 0.15) is 18.0 Å². The zero-order valence-corrected chi connectivity index (χ0v) is 23.9. The Morgan fingerprint density at radius 3 is 2.40 bits per heavy atom. The van der Waals surface area contributed by atoms with E-state index in [0.717, 1.165) is 36.8 Å². The fourth-order valence-electron chi connectivity index (χ4n) is 5.36. The van der Waals surface area contributed by atoms with Crippen LogP contribution in [-0.4, -0.2) is 85.2 Å². The van der Waals surface area contributed by atoms with Crippen molar-refractivity contribution in [2.45, 2.75) is 50.3 Å². The Morgan fingerprint density at radius 2 is 1.75 bits per heavy atom. The van der Waals surface area contributed by atoms with Crippen molar-refractivity contribution in [2.75, 3.05) is 47.1 Å². The highest BCUT2D eigenvalue weighted by molar-refractivity contribution is 6.30. The summed E-state index contributed by atoms with van der Waals surface area (Å²) in [6.45, 7) is 1.89. The summed E-state index contributed by atoms with van der Waals surface area (Å²) in [5.41, 5.74) is 1.04. The maximum Gasteiger partial charge on any atom is 0.407 e. The monoisotopic (exact) mass is 574 g/mol. The summed E-state index contributed by atoms with van der Waals surface area (Å²) in [6, 6.07) is 12.9. The Hall–Kier alpha value is -2.85. The maximum absolute atomic E-state index is 14.3. The third kappa shape index (κ3) is 7.46. The lowest BCUT2D eigenvalue weighted by Gasteiger charge is -2.45. The Kier molecular flexibility index (Phi) is 10.3. The molecule has 0 spiro atoms. The number of aryl methyl sites for hydroxylation is 1. The molecular formula is C30H39ClN2O7. The second kappa shape index (κ2) is 13.7. The number of aliphatic hydroxyl groups is 1. The zero-order chi connectivity index (χ0) is 28.7. The van der Waals surface area contributed by atoms with Gasteiger partial charge in [0.15, 0.2) is 0 Å². The lowest BCUT2D eigenvalue weighted by atomic mass is 9.75. The van der Waals surface area contributed by atoms with E-state index in [2.05, 4.69) is 6.07 Å². The molecule has 1 aliphatic heterocycles. The summed E-state index contributed by atoms with van der Waals surface area (Å²) in [5, 5.41) is 22.2. The molecule has 2 atom stereocenters. The number of benzene rings is 2. The van der Waals surface area contributed by atoms with Gasteiger partial charge in [0, 0.05) is 51.5 Å². The van der Waals surface area contributed by atoms with E-state index >= 15 is 0 Å². The SMILES string of the molecule is COCCCc1cc(CN(C(=O)[C@H]2CN(C(=O)O)CC[C@]2(O)c2ccc(Cl)cc2)C2CC2)cc(OCCOC)c1. The van der Waals surface area contributed by atoms with Gasteiger partial charge in [0.25, 0.3) is 0 Å². The molecular weight excluding hydrogens is 536 g/mol. The van der Waals surface area contributed by atoms with Crippen LogP contribution in [0.2, 0.25) is 5.02 Å². The number of methoxy groups -OCH3 is 2. The number of carboxylic acid groups (broad SMARTS) is 1. The minimum atomic E-state index is -1.52. The van der Waals surface area contributed by atoms with Crippen LogP contribution in [-0.2, 0) is 32.8 Å². The van der Waals surface area contributed by atoms with Crippen LogP contribution < -0.4 is 4.74 Å². The van der Waals surface area contributed by atoms with E-state index in [9.17, 15) is 19.8 Å². The number of amides is 2. The molecule has 10 heteroatoms. The zero-order valence-electron chi connectivity index (χ0n) is 23.2. The number of ether oxygens (including phenoxy) is 3. The largest absolute Gasteiger partial charge is 0.491 e. The van der Waals surface area contributed by atoms with Crippen LogP contribution in [0.5, 0.6) is 5.75 Å². The van der Waals surface area contributed by atoms with Gasteiger partial charge in [-0.25, -0.2) is 4.79 Å². The Bertz CT molecular complexity index is 1130. The number of hydrogen-bond acceptors (Lipinski definition) is 6. The van der Waals surface area contributed by atoms with Crippen molar-refractivity contribution in [1.82, 2.24) is 9.80 Å². The van der Waals surface area contributed by atoms with Gasteiger partial charge in [-0.15, -0.1) is 0 Å². The van der Waals surface area contributed by atoms with E-state index in [4.69, 9.17) is 25.8 Å². The van der Waals surface area contributed by atoms with Crippen molar-refractivity contribution in [3.05, 3.63) is 64.2 Å². The third-order valence-corrected chi connectivity index (χ3v) is 7.93. The number of hydrogen-bond donors (Lipinski definition) is 2. The molecule has 1 saturated heterocycles. The molecule has 0 unspecified atom stereocenters. The Labute approximate surface area is 240 Å². The van der Waals surface area contributed by atoms with E-state index in [1.165, 1.54) is 4.90 Å². The van der Waals surface area contributed by atoms with Gasteiger partial charge >= 0.3 is 6.09 Å². The van der Waals surface area contributed by atoms with Crippen molar-refractivity contribution in [3.63, 3.8) is 0 Å². The van der Waals surface area contributed by atoms with Crippen LogP contribution in [0.4, 0.5) is 4.79 Å². The molecule has 1 aliphatic carbocycles. The molecule has 2 aliphatic rings. The average molecular weight is 575 g/mol. The van der Waals surface area contributed by atoms with Crippen LogP contribution in [0, 0.1) is 5.92 Å². The number of piperidine rings is 1. The topological polar surface area (TPSA) is 109 Å². The molecule has 2 amide bonds. The van der Waals surface area contributed by atoms with Gasteiger partial charge in [-0.05, 0) is 73.1 Å².